The molecule has 0 atom stereocenters. The van der Waals surface area contributed by atoms with E-state index in [9.17, 15) is 9.59 Å². The molecule has 0 heterocycles. The molecule has 2 aromatic carbocycles. The van der Waals surface area contributed by atoms with Gasteiger partial charge in [-0.2, -0.15) is 0 Å². The van der Waals surface area contributed by atoms with Crippen molar-refractivity contribution in [1.29, 1.82) is 0 Å². The number of aryl methyl sites for hydroxylation is 1. The summed E-state index contributed by atoms with van der Waals surface area (Å²) < 4.78 is 0. The van der Waals surface area contributed by atoms with Crippen molar-refractivity contribution < 1.29 is 9.59 Å². The van der Waals surface area contributed by atoms with Crippen LogP contribution in [0.25, 0.3) is 0 Å². The number of rotatable bonds is 5. The molecule has 2 amide bonds. The van der Waals surface area contributed by atoms with Crippen LogP contribution in [0.5, 0.6) is 0 Å². The van der Waals surface area contributed by atoms with Crippen molar-refractivity contribution in [2.24, 2.45) is 0 Å². The zero-order valence-electron chi connectivity index (χ0n) is 12.2. The molecule has 4 nitrogen and oxygen atoms in total. The van der Waals surface area contributed by atoms with Crippen LogP contribution in [0.4, 0.5) is 0 Å². The van der Waals surface area contributed by atoms with E-state index in [-0.39, 0.29) is 18.4 Å². The van der Waals surface area contributed by atoms with Gasteiger partial charge in [-0.3, -0.25) is 9.59 Å². The molecule has 0 spiro atoms. The van der Waals surface area contributed by atoms with Crippen molar-refractivity contribution in [2.75, 3.05) is 6.54 Å². The van der Waals surface area contributed by atoms with E-state index >= 15 is 0 Å². The van der Waals surface area contributed by atoms with Crippen LogP contribution in [0, 0.1) is 6.92 Å². The normalized spacial score (nSPS) is 10.1. The van der Waals surface area contributed by atoms with Crippen molar-refractivity contribution in [1.82, 2.24) is 10.6 Å². The smallest absolute Gasteiger partial charge is 0.251 e. The van der Waals surface area contributed by atoms with Gasteiger partial charge in [0, 0.05) is 17.1 Å². The van der Waals surface area contributed by atoms with Crippen molar-refractivity contribution in [3.8, 4) is 0 Å². The molecular weight excluding hydrogens is 300 g/mol. The Bertz CT molecular complexity index is 686. The molecule has 5 heteroatoms. The summed E-state index contributed by atoms with van der Waals surface area (Å²) in [7, 11) is 0. The molecule has 0 aliphatic rings. The summed E-state index contributed by atoms with van der Waals surface area (Å²) in [4.78, 5) is 23.7. The van der Waals surface area contributed by atoms with E-state index in [2.05, 4.69) is 10.6 Å². The maximum absolute atomic E-state index is 11.9. The lowest BCUT2D eigenvalue weighted by Gasteiger charge is -2.09. The summed E-state index contributed by atoms with van der Waals surface area (Å²) in [5, 5.41) is 5.83. The number of hydrogen-bond donors (Lipinski definition) is 2. The van der Waals surface area contributed by atoms with Crippen molar-refractivity contribution in [2.45, 2.75) is 13.5 Å². The topological polar surface area (TPSA) is 58.2 Å². The van der Waals surface area contributed by atoms with E-state index in [1.54, 1.807) is 24.3 Å². The number of nitrogens with one attached hydrogen (secondary N) is 2. The molecule has 0 unspecified atom stereocenters. The van der Waals surface area contributed by atoms with Crippen molar-refractivity contribution in [3.05, 3.63) is 70.2 Å². The molecule has 0 aromatic heterocycles. The number of amides is 2. The molecule has 0 bridgehead atoms. The Morgan fingerprint density at radius 1 is 1.05 bits per heavy atom. The minimum absolute atomic E-state index is 0.0722. The molecular formula is C17H17ClN2O2. The summed E-state index contributed by atoms with van der Waals surface area (Å²) in [5.74, 6) is -0.563. The Kier molecular flexibility index (Phi) is 5.55. The molecule has 0 aliphatic heterocycles. The maximum atomic E-state index is 11.9. The van der Waals surface area contributed by atoms with Gasteiger partial charge in [0.1, 0.15) is 0 Å². The van der Waals surface area contributed by atoms with Gasteiger partial charge in [0.2, 0.25) is 5.91 Å². The summed E-state index contributed by atoms with van der Waals surface area (Å²) in [6.45, 7) is 2.36. The largest absolute Gasteiger partial charge is 0.350 e. The highest BCUT2D eigenvalue weighted by Gasteiger charge is 2.08. The first kappa shape index (κ1) is 16.0. The Hall–Kier alpha value is -2.33. The number of carbonyl (C=O) groups excluding carboxylic acids is 2. The fourth-order valence-electron chi connectivity index (χ4n) is 1.96. The van der Waals surface area contributed by atoms with E-state index in [0.717, 1.165) is 11.1 Å². The second-order valence-electron chi connectivity index (χ2n) is 4.90. The van der Waals surface area contributed by atoms with Gasteiger partial charge in [0.05, 0.1) is 6.54 Å². The maximum Gasteiger partial charge on any atom is 0.251 e. The average molecular weight is 317 g/mol. The lowest BCUT2D eigenvalue weighted by Crippen LogP contribution is -2.36. The fourth-order valence-corrected chi connectivity index (χ4v) is 2.15. The highest BCUT2D eigenvalue weighted by atomic mass is 35.5. The second-order valence-corrected chi connectivity index (χ2v) is 5.33. The van der Waals surface area contributed by atoms with Gasteiger partial charge < -0.3 is 10.6 Å². The third-order valence-corrected chi connectivity index (χ3v) is 3.47. The lowest BCUT2D eigenvalue weighted by atomic mass is 10.1. The van der Waals surface area contributed by atoms with E-state index in [1.165, 1.54) is 0 Å². The number of hydrogen-bond acceptors (Lipinski definition) is 2. The third kappa shape index (κ3) is 4.60. The Morgan fingerprint density at radius 2 is 1.82 bits per heavy atom. The van der Waals surface area contributed by atoms with E-state index in [1.807, 2.05) is 31.2 Å². The molecule has 114 valence electrons. The first-order chi connectivity index (χ1) is 10.6. The molecule has 22 heavy (non-hydrogen) atoms. The molecule has 0 fully saturated rings. The van der Waals surface area contributed by atoms with Gasteiger partial charge in [-0.25, -0.2) is 0 Å². The van der Waals surface area contributed by atoms with E-state index < -0.39 is 0 Å². The molecule has 2 rings (SSSR count). The lowest BCUT2D eigenvalue weighted by molar-refractivity contribution is -0.120. The van der Waals surface area contributed by atoms with Crippen LogP contribution in [0.2, 0.25) is 5.02 Å². The summed E-state index contributed by atoms with van der Waals surface area (Å²) in [6.07, 6.45) is 0. The standard InChI is InChI=1S/C17H17ClN2O2/c1-12-5-2-3-6-14(12)10-19-16(21)11-20-17(22)13-7-4-8-15(18)9-13/h2-9H,10-11H2,1H3,(H,19,21)(H,20,22). The summed E-state index contributed by atoms with van der Waals surface area (Å²) in [5.41, 5.74) is 2.60. The minimum Gasteiger partial charge on any atom is -0.350 e. The predicted octanol–water partition coefficient (Wildman–Crippen LogP) is 2.69. The first-order valence-corrected chi connectivity index (χ1v) is 7.29. The van der Waals surface area contributed by atoms with Crippen LogP contribution >= 0.6 is 11.6 Å². The zero-order chi connectivity index (χ0) is 15.9. The van der Waals surface area contributed by atoms with Gasteiger partial charge in [0.15, 0.2) is 0 Å². The molecule has 0 aliphatic carbocycles. The van der Waals surface area contributed by atoms with Gasteiger partial charge in [-0.05, 0) is 36.2 Å². The monoisotopic (exact) mass is 316 g/mol. The predicted molar refractivity (Wildman–Crippen MR) is 86.8 cm³/mol. The number of halogens is 1. The SMILES string of the molecule is Cc1ccccc1CNC(=O)CNC(=O)c1cccc(Cl)c1. The molecule has 0 radical (unpaired) electrons. The molecule has 2 N–H and O–H groups in total. The van der Waals surface area contributed by atoms with Crippen LogP contribution in [0.15, 0.2) is 48.5 Å². The van der Waals surface area contributed by atoms with Crippen molar-refractivity contribution >= 4 is 23.4 Å². The van der Waals surface area contributed by atoms with Crippen molar-refractivity contribution in [3.63, 3.8) is 0 Å². The summed E-state index contributed by atoms with van der Waals surface area (Å²) >= 11 is 5.82. The van der Waals surface area contributed by atoms with Gasteiger partial charge in [-0.15, -0.1) is 0 Å². The van der Waals surface area contributed by atoms with Gasteiger partial charge in [0.25, 0.3) is 5.91 Å². The highest BCUT2D eigenvalue weighted by Crippen LogP contribution is 2.10. The highest BCUT2D eigenvalue weighted by molar-refractivity contribution is 6.30. The molecule has 0 saturated carbocycles. The third-order valence-electron chi connectivity index (χ3n) is 3.23. The van der Waals surface area contributed by atoms with E-state index in [4.69, 9.17) is 11.6 Å². The second kappa shape index (κ2) is 7.61. The first-order valence-electron chi connectivity index (χ1n) is 6.91. The van der Waals surface area contributed by atoms with Gasteiger partial charge >= 0.3 is 0 Å². The molecule has 2 aromatic rings. The fraction of sp³-hybridized carbons (Fsp3) is 0.176. The zero-order valence-corrected chi connectivity index (χ0v) is 13.0. The number of carbonyl (C=O) groups is 2. The van der Waals surface area contributed by atoms with Gasteiger partial charge in [-0.1, -0.05) is 41.9 Å². The Balaban J connectivity index is 1.81. The van der Waals surface area contributed by atoms with Crippen LogP contribution in [0.1, 0.15) is 21.5 Å². The molecule has 0 saturated heterocycles. The van der Waals surface area contributed by atoms with Crippen LogP contribution < -0.4 is 10.6 Å². The van der Waals surface area contributed by atoms with Crippen LogP contribution in [0.3, 0.4) is 0 Å². The Labute approximate surface area is 134 Å². The summed E-state index contributed by atoms with van der Waals surface area (Å²) in [6, 6.07) is 14.4. The van der Waals surface area contributed by atoms with Crippen LogP contribution in [-0.4, -0.2) is 18.4 Å². The quantitative estimate of drug-likeness (QED) is 0.891. The van der Waals surface area contributed by atoms with Crippen LogP contribution in [-0.2, 0) is 11.3 Å². The minimum atomic E-state index is -0.325. The average Bonchev–Trinajstić information content (AvgIpc) is 2.52. The number of benzene rings is 2. The Morgan fingerprint density at radius 3 is 2.55 bits per heavy atom. The van der Waals surface area contributed by atoms with E-state index in [0.29, 0.717) is 17.1 Å².